The first-order valence-corrected chi connectivity index (χ1v) is 6.59. The maximum atomic E-state index is 11.7. The number of hydrogen-bond acceptors (Lipinski definition) is 2. The fraction of sp³-hybridized carbons (Fsp3) is 0.889. The van der Waals surface area contributed by atoms with E-state index in [1.54, 1.807) is 0 Å². The van der Waals surface area contributed by atoms with Crippen molar-refractivity contribution >= 4 is 40.3 Å². The molecular weight excluding hydrogens is 297 g/mol. The third kappa shape index (κ3) is 1.40. The maximum absolute atomic E-state index is 11.7. The smallest absolute Gasteiger partial charge is 0.232 e. The SMILES string of the molecule is CC1(I)CSC2N(C1)C(=O)C2(C)C. The van der Waals surface area contributed by atoms with E-state index in [2.05, 4.69) is 43.4 Å². The lowest BCUT2D eigenvalue weighted by Gasteiger charge is -2.57. The molecule has 2 rings (SSSR count). The molecule has 0 aromatic carbocycles. The Labute approximate surface area is 97.0 Å². The molecule has 0 spiro atoms. The van der Waals surface area contributed by atoms with Gasteiger partial charge in [-0.15, -0.1) is 11.8 Å². The van der Waals surface area contributed by atoms with Crippen LogP contribution in [0.5, 0.6) is 0 Å². The Hall–Kier alpha value is 0.550. The number of nitrogens with zero attached hydrogens (tertiary/aromatic N) is 1. The van der Waals surface area contributed by atoms with Crippen LogP contribution in [0.3, 0.4) is 0 Å². The van der Waals surface area contributed by atoms with Crippen molar-refractivity contribution in [2.75, 3.05) is 12.3 Å². The largest absolute Gasteiger partial charge is 0.328 e. The number of carbonyl (C=O) groups is 1. The molecule has 2 nitrogen and oxygen atoms in total. The van der Waals surface area contributed by atoms with Crippen molar-refractivity contribution in [3.63, 3.8) is 0 Å². The second kappa shape index (κ2) is 2.78. The van der Waals surface area contributed by atoms with E-state index in [0.29, 0.717) is 11.3 Å². The monoisotopic (exact) mass is 311 g/mol. The lowest BCUT2D eigenvalue weighted by molar-refractivity contribution is -0.160. The van der Waals surface area contributed by atoms with E-state index < -0.39 is 0 Å². The molecule has 2 heterocycles. The van der Waals surface area contributed by atoms with Gasteiger partial charge in [0.15, 0.2) is 0 Å². The molecule has 0 bridgehead atoms. The summed E-state index contributed by atoms with van der Waals surface area (Å²) >= 11 is 4.39. The van der Waals surface area contributed by atoms with Crippen molar-refractivity contribution in [2.45, 2.75) is 29.6 Å². The predicted octanol–water partition coefficient (Wildman–Crippen LogP) is 2.12. The molecule has 74 valence electrons. The zero-order valence-corrected chi connectivity index (χ0v) is 11.1. The second-order valence-electron chi connectivity index (χ2n) is 4.73. The van der Waals surface area contributed by atoms with Crippen LogP contribution >= 0.6 is 34.4 Å². The Bertz CT molecular complexity index is 264. The van der Waals surface area contributed by atoms with Gasteiger partial charge >= 0.3 is 0 Å². The van der Waals surface area contributed by atoms with Crippen LogP contribution in [0.15, 0.2) is 0 Å². The molecule has 0 aromatic rings. The summed E-state index contributed by atoms with van der Waals surface area (Å²) in [5.74, 6) is 1.48. The highest BCUT2D eigenvalue weighted by Gasteiger charge is 2.57. The number of halogens is 1. The Balaban J connectivity index is 2.15. The number of amides is 1. The van der Waals surface area contributed by atoms with Crippen molar-refractivity contribution in [3.8, 4) is 0 Å². The van der Waals surface area contributed by atoms with Crippen LogP contribution in [0, 0.1) is 5.41 Å². The van der Waals surface area contributed by atoms with Crippen molar-refractivity contribution in [3.05, 3.63) is 0 Å². The third-order valence-corrected chi connectivity index (χ3v) is 5.96. The molecule has 2 atom stereocenters. The molecule has 0 aliphatic carbocycles. The van der Waals surface area contributed by atoms with Crippen LogP contribution in [-0.2, 0) is 4.79 Å². The summed E-state index contributed by atoms with van der Waals surface area (Å²) < 4.78 is 0.269. The van der Waals surface area contributed by atoms with Gasteiger partial charge in [0.2, 0.25) is 5.91 Å². The first-order chi connectivity index (χ1) is 5.84. The second-order valence-corrected chi connectivity index (χ2v) is 8.40. The van der Waals surface area contributed by atoms with Crippen LogP contribution in [-0.4, -0.2) is 31.9 Å². The lowest BCUT2D eigenvalue weighted by Crippen LogP contribution is -2.69. The van der Waals surface area contributed by atoms with Gasteiger partial charge in [0.05, 0.1) is 10.8 Å². The zero-order chi connectivity index (χ0) is 9.85. The molecule has 0 aromatic heterocycles. The number of fused-ring (bicyclic) bond motifs is 1. The predicted molar refractivity (Wildman–Crippen MR) is 64.2 cm³/mol. The van der Waals surface area contributed by atoms with Crippen LogP contribution in [0.25, 0.3) is 0 Å². The molecule has 1 amide bonds. The number of rotatable bonds is 0. The highest BCUT2D eigenvalue weighted by atomic mass is 127. The summed E-state index contributed by atoms with van der Waals surface area (Å²) in [6.45, 7) is 7.25. The minimum Gasteiger partial charge on any atom is -0.328 e. The van der Waals surface area contributed by atoms with Gasteiger partial charge in [-0.05, 0) is 20.8 Å². The van der Waals surface area contributed by atoms with Crippen molar-refractivity contribution in [1.82, 2.24) is 4.90 Å². The molecule has 0 radical (unpaired) electrons. The first-order valence-electron chi connectivity index (χ1n) is 4.46. The minimum absolute atomic E-state index is 0.113. The molecule has 0 saturated carbocycles. The van der Waals surface area contributed by atoms with E-state index in [1.807, 2.05) is 16.7 Å². The normalized spacial score (nSPS) is 42.6. The van der Waals surface area contributed by atoms with E-state index in [1.165, 1.54) is 0 Å². The molecule has 2 fully saturated rings. The standard InChI is InChI=1S/C9H14INOS/c1-8(2)6(12)11-4-9(3,10)5-13-7(8)11/h7H,4-5H2,1-3H3. The van der Waals surface area contributed by atoms with E-state index in [-0.39, 0.29) is 8.84 Å². The van der Waals surface area contributed by atoms with Gasteiger partial charge < -0.3 is 4.90 Å². The van der Waals surface area contributed by atoms with Crippen LogP contribution in [0.2, 0.25) is 0 Å². The summed E-state index contributed by atoms with van der Waals surface area (Å²) in [5.41, 5.74) is -0.113. The average molecular weight is 311 g/mol. The Morgan fingerprint density at radius 2 is 2.15 bits per heavy atom. The van der Waals surface area contributed by atoms with Gasteiger partial charge in [-0.2, -0.15) is 0 Å². The van der Waals surface area contributed by atoms with E-state index in [0.717, 1.165) is 12.3 Å². The fourth-order valence-electron chi connectivity index (χ4n) is 2.01. The van der Waals surface area contributed by atoms with Crippen LogP contribution in [0.4, 0.5) is 0 Å². The fourth-order valence-corrected chi connectivity index (χ4v) is 4.38. The number of β-lactam (4-membered cyclic amide) rings is 1. The molecule has 2 saturated heterocycles. The van der Waals surface area contributed by atoms with Crippen molar-refractivity contribution in [2.24, 2.45) is 5.41 Å². The summed E-state index contributed by atoms with van der Waals surface area (Å²) in [4.78, 5) is 13.7. The third-order valence-electron chi connectivity index (χ3n) is 2.75. The van der Waals surface area contributed by atoms with Gasteiger partial charge in [0.1, 0.15) is 0 Å². The molecular formula is C9H14INOS. The topological polar surface area (TPSA) is 20.3 Å². The number of hydrogen-bond donors (Lipinski definition) is 0. The molecule has 13 heavy (non-hydrogen) atoms. The molecule has 2 unspecified atom stereocenters. The van der Waals surface area contributed by atoms with Gasteiger partial charge in [0.25, 0.3) is 0 Å². The van der Waals surface area contributed by atoms with E-state index in [4.69, 9.17) is 0 Å². The Morgan fingerprint density at radius 3 is 2.77 bits per heavy atom. The summed E-state index contributed by atoms with van der Waals surface area (Å²) in [5, 5.41) is 0.433. The number of thioether (sulfide) groups is 1. The minimum atomic E-state index is -0.113. The summed E-state index contributed by atoms with van der Waals surface area (Å²) in [6.07, 6.45) is 0. The number of carbonyl (C=O) groups excluding carboxylic acids is 1. The van der Waals surface area contributed by atoms with Crippen molar-refractivity contribution < 1.29 is 4.79 Å². The van der Waals surface area contributed by atoms with Crippen LogP contribution in [0.1, 0.15) is 20.8 Å². The van der Waals surface area contributed by atoms with Gasteiger partial charge in [-0.1, -0.05) is 22.6 Å². The zero-order valence-electron chi connectivity index (χ0n) is 8.13. The quantitative estimate of drug-likeness (QED) is 0.388. The van der Waals surface area contributed by atoms with E-state index in [9.17, 15) is 4.79 Å². The average Bonchev–Trinajstić information content (AvgIpc) is 2.01. The highest BCUT2D eigenvalue weighted by Crippen LogP contribution is 2.50. The number of alkyl halides is 1. The van der Waals surface area contributed by atoms with Crippen LogP contribution < -0.4 is 0 Å². The molecule has 4 heteroatoms. The first kappa shape index (κ1) is 10.1. The molecule has 0 N–H and O–H groups in total. The lowest BCUT2D eigenvalue weighted by atomic mass is 9.82. The summed E-state index contributed by atoms with van der Waals surface area (Å²) in [6, 6.07) is 0. The maximum Gasteiger partial charge on any atom is 0.232 e. The van der Waals surface area contributed by atoms with Gasteiger partial charge in [-0.3, -0.25) is 4.79 Å². The van der Waals surface area contributed by atoms with Crippen molar-refractivity contribution in [1.29, 1.82) is 0 Å². The van der Waals surface area contributed by atoms with Gasteiger partial charge in [-0.25, -0.2) is 0 Å². The Morgan fingerprint density at radius 1 is 1.54 bits per heavy atom. The highest BCUT2D eigenvalue weighted by molar-refractivity contribution is 14.1. The summed E-state index contributed by atoms with van der Waals surface area (Å²) in [7, 11) is 0. The van der Waals surface area contributed by atoms with E-state index >= 15 is 0 Å². The molecule has 2 aliphatic heterocycles. The Kier molecular flexibility index (Phi) is 2.15. The molecule has 2 aliphatic rings. The van der Waals surface area contributed by atoms with Gasteiger partial charge in [0, 0.05) is 15.7 Å².